The van der Waals surface area contributed by atoms with Gasteiger partial charge in [-0.15, -0.1) is 0 Å². The monoisotopic (exact) mass is 222 g/mol. The molecule has 0 radical (unpaired) electrons. The molecule has 3 heteroatoms. The minimum atomic E-state index is -0.0991. The number of anilines is 2. The van der Waals surface area contributed by atoms with E-state index in [9.17, 15) is 0 Å². The summed E-state index contributed by atoms with van der Waals surface area (Å²) < 4.78 is 0. The van der Waals surface area contributed by atoms with Gasteiger partial charge in [0.05, 0.1) is 11.4 Å². The summed E-state index contributed by atoms with van der Waals surface area (Å²) in [5.74, 6) is 0. The Labute approximate surface area is 97.7 Å². The summed E-state index contributed by atoms with van der Waals surface area (Å²) >= 11 is 0. The molecule has 1 atom stereocenters. The largest absolute Gasteiger partial charge is 0.397 e. The Balaban J connectivity index is 2.85. The highest BCUT2D eigenvalue weighted by Crippen LogP contribution is 2.26. The maximum absolute atomic E-state index is 9.05. The Bertz CT molecular complexity index is 352. The maximum atomic E-state index is 9.05. The van der Waals surface area contributed by atoms with Crippen LogP contribution in [-0.4, -0.2) is 17.3 Å². The van der Waals surface area contributed by atoms with Gasteiger partial charge in [0, 0.05) is 12.1 Å². The quantitative estimate of drug-likeness (QED) is 0.671. The second kappa shape index (κ2) is 5.21. The fourth-order valence-electron chi connectivity index (χ4n) is 1.70. The molecule has 0 heterocycles. The lowest BCUT2D eigenvalue weighted by molar-refractivity contribution is 0.252. The summed E-state index contributed by atoms with van der Waals surface area (Å²) in [6, 6.07) is 5.99. The van der Waals surface area contributed by atoms with E-state index in [4.69, 9.17) is 10.8 Å². The maximum Gasteiger partial charge on any atom is 0.0578 e. The fraction of sp³-hybridized carbons (Fsp3) is 0.538. The zero-order valence-electron chi connectivity index (χ0n) is 10.4. The van der Waals surface area contributed by atoms with Crippen LogP contribution in [0.25, 0.3) is 0 Å². The molecule has 3 nitrogen and oxygen atoms in total. The summed E-state index contributed by atoms with van der Waals surface area (Å²) in [5, 5.41) is 12.5. The number of rotatable bonds is 5. The molecule has 0 amide bonds. The van der Waals surface area contributed by atoms with Crippen LogP contribution in [0.5, 0.6) is 0 Å². The van der Waals surface area contributed by atoms with Crippen molar-refractivity contribution in [1.82, 2.24) is 0 Å². The SMILES string of the molecule is CCC(C)(CCO)Nc1ccc(C)cc1N. The van der Waals surface area contributed by atoms with Crippen molar-refractivity contribution in [2.75, 3.05) is 17.7 Å². The number of nitrogens with two attached hydrogens (primary N) is 1. The summed E-state index contributed by atoms with van der Waals surface area (Å²) in [5.41, 5.74) is 8.72. The van der Waals surface area contributed by atoms with Gasteiger partial charge in [-0.3, -0.25) is 0 Å². The summed E-state index contributed by atoms with van der Waals surface area (Å²) in [7, 11) is 0. The third-order valence-corrected chi connectivity index (χ3v) is 3.09. The molecule has 1 aromatic rings. The van der Waals surface area contributed by atoms with Gasteiger partial charge in [0.2, 0.25) is 0 Å². The fourth-order valence-corrected chi connectivity index (χ4v) is 1.70. The second-order valence-corrected chi connectivity index (χ2v) is 4.60. The molecule has 0 spiro atoms. The van der Waals surface area contributed by atoms with Crippen molar-refractivity contribution < 1.29 is 5.11 Å². The zero-order valence-corrected chi connectivity index (χ0v) is 10.4. The van der Waals surface area contributed by atoms with Crippen LogP contribution in [0.15, 0.2) is 18.2 Å². The third-order valence-electron chi connectivity index (χ3n) is 3.09. The minimum absolute atomic E-state index is 0.0991. The number of aryl methyl sites for hydroxylation is 1. The average molecular weight is 222 g/mol. The molecular weight excluding hydrogens is 200 g/mol. The number of aliphatic hydroxyl groups is 1. The Morgan fingerprint density at radius 3 is 2.62 bits per heavy atom. The molecule has 0 aromatic heterocycles. The number of nitrogen functional groups attached to an aromatic ring is 1. The van der Waals surface area contributed by atoms with Gasteiger partial charge in [-0.05, 0) is 44.4 Å². The van der Waals surface area contributed by atoms with Crippen LogP contribution in [0.4, 0.5) is 11.4 Å². The second-order valence-electron chi connectivity index (χ2n) is 4.60. The van der Waals surface area contributed by atoms with Crippen LogP contribution in [-0.2, 0) is 0 Å². The Morgan fingerprint density at radius 1 is 1.44 bits per heavy atom. The molecule has 16 heavy (non-hydrogen) atoms. The molecule has 0 fully saturated rings. The molecule has 1 aromatic carbocycles. The molecule has 4 N–H and O–H groups in total. The molecule has 90 valence electrons. The van der Waals surface area contributed by atoms with Gasteiger partial charge in [-0.25, -0.2) is 0 Å². The first kappa shape index (κ1) is 12.8. The van der Waals surface area contributed by atoms with Gasteiger partial charge in [-0.2, -0.15) is 0 Å². The lowest BCUT2D eigenvalue weighted by Gasteiger charge is -2.31. The van der Waals surface area contributed by atoms with Crippen molar-refractivity contribution in [3.05, 3.63) is 23.8 Å². The van der Waals surface area contributed by atoms with Gasteiger partial charge >= 0.3 is 0 Å². The van der Waals surface area contributed by atoms with Crippen LogP contribution < -0.4 is 11.1 Å². The van der Waals surface area contributed by atoms with E-state index in [0.717, 1.165) is 29.8 Å². The van der Waals surface area contributed by atoms with Crippen molar-refractivity contribution >= 4 is 11.4 Å². The van der Waals surface area contributed by atoms with Gasteiger partial charge in [0.15, 0.2) is 0 Å². The van der Waals surface area contributed by atoms with Crippen molar-refractivity contribution in [2.45, 2.75) is 39.2 Å². The third kappa shape index (κ3) is 3.14. The Hall–Kier alpha value is -1.22. The van der Waals surface area contributed by atoms with E-state index in [1.165, 1.54) is 0 Å². The molecular formula is C13H22N2O. The minimum Gasteiger partial charge on any atom is -0.397 e. The van der Waals surface area contributed by atoms with Gasteiger partial charge in [0.1, 0.15) is 0 Å². The topological polar surface area (TPSA) is 58.3 Å². The van der Waals surface area contributed by atoms with E-state index >= 15 is 0 Å². The summed E-state index contributed by atoms with van der Waals surface area (Å²) in [4.78, 5) is 0. The highest BCUT2D eigenvalue weighted by molar-refractivity contribution is 5.67. The van der Waals surface area contributed by atoms with Crippen LogP contribution >= 0.6 is 0 Å². The van der Waals surface area contributed by atoms with Crippen LogP contribution in [0.3, 0.4) is 0 Å². The van der Waals surface area contributed by atoms with E-state index in [1.807, 2.05) is 25.1 Å². The smallest absolute Gasteiger partial charge is 0.0578 e. The molecule has 0 saturated heterocycles. The first-order valence-corrected chi connectivity index (χ1v) is 5.76. The van der Waals surface area contributed by atoms with E-state index < -0.39 is 0 Å². The van der Waals surface area contributed by atoms with Crippen molar-refractivity contribution in [1.29, 1.82) is 0 Å². The van der Waals surface area contributed by atoms with Gasteiger partial charge < -0.3 is 16.2 Å². The first-order valence-electron chi connectivity index (χ1n) is 5.76. The predicted octanol–water partition coefficient (Wildman–Crippen LogP) is 2.54. The van der Waals surface area contributed by atoms with Crippen LogP contribution in [0.2, 0.25) is 0 Å². The normalized spacial score (nSPS) is 14.5. The molecule has 0 aliphatic carbocycles. The van der Waals surface area contributed by atoms with Crippen molar-refractivity contribution in [3.8, 4) is 0 Å². The number of nitrogens with one attached hydrogen (secondary N) is 1. The van der Waals surface area contributed by atoms with Gasteiger partial charge in [0.25, 0.3) is 0 Å². The molecule has 0 bridgehead atoms. The van der Waals surface area contributed by atoms with E-state index in [1.54, 1.807) is 0 Å². The molecule has 1 rings (SSSR count). The lowest BCUT2D eigenvalue weighted by Crippen LogP contribution is -2.35. The number of benzene rings is 1. The molecule has 0 aliphatic heterocycles. The van der Waals surface area contributed by atoms with E-state index in [0.29, 0.717) is 0 Å². The standard InChI is InChI=1S/C13H22N2O/c1-4-13(3,7-8-16)15-12-6-5-10(2)9-11(12)14/h5-6,9,15-16H,4,7-8,14H2,1-3H3. The van der Waals surface area contributed by atoms with E-state index in [2.05, 4.69) is 19.2 Å². The Morgan fingerprint density at radius 2 is 2.12 bits per heavy atom. The molecule has 0 saturated carbocycles. The highest BCUT2D eigenvalue weighted by Gasteiger charge is 2.21. The lowest BCUT2D eigenvalue weighted by atomic mass is 9.94. The number of hydrogen-bond donors (Lipinski definition) is 3. The highest BCUT2D eigenvalue weighted by atomic mass is 16.3. The number of hydrogen-bond acceptors (Lipinski definition) is 3. The van der Waals surface area contributed by atoms with Crippen LogP contribution in [0.1, 0.15) is 32.3 Å². The predicted molar refractivity (Wildman–Crippen MR) is 69.6 cm³/mol. The summed E-state index contributed by atoms with van der Waals surface area (Å²) in [6.07, 6.45) is 1.66. The molecule has 1 unspecified atom stereocenters. The zero-order chi connectivity index (χ0) is 12.2. The van der Waals surface area contributed by atoms with Crippen molar-refractivity contribution in [2.24, 2.45) is 0 Å². The first-order chi connectivity index (χ1) is 7.50. The molecule has 0 aliphatic rings. The number of aliphatic hydroxyl groups excluding tert-OH is 1. The summed E-state index contributed by atoms with van der Waals surface area (Å²) in [6.45, 7) is 6.41. The van der Waals surface area contributed by atoms with Crippen molar-refractivity contribution in [3.63, 3.8) is 0 Å². The van der Waals surface area contributed by atoms with Crippen LogP contribution in [0, 0.1) is 6.92 Å². The van der Waals surface area contributed by atoms with E-state index in [-0.39, 0.29) is 12.1 Å². The average Bonchev–Trinajstić information content (AvgIpc) is 2.23. The Kier molecular flexibility index (Phi) is 4.19. The van der Waals surface area contributed by atoms with Gasteiger partial charge in [-0.1, -0.05) is 13.0 Å².